The number of carbonyl (C=O) groups is 2. The van der Waals surface area contributed by atoms with Gasteiger partial charge in [0.15, 0.2) is 11.5 Å². The Balaban J connectivity index is 1.70. The molecule has 0 bridgehead atoms. The molecule has 30 heavy (non-hydrogen) atoms. The second kappa shape index (κ2) is 10.3. The number of nitrogens with one attached hydrogen (secondary N) is 2. The molecule has 0 saturated heterocycles. The second-order valence-corrected chi connectivity index (χ2v) is 6.80. The van der Waals surface area contributed by atoms with Gasteiger partial charge in [0, 0.05) is 13.1 Å². The molecule has 3 rings (SSSR count). The lowest BCUT2D eigenvalue weighted by atomic mass is 10.0. The van der Waals surface area contributed by atoms with Crippen molar-refractivity contribution >= 4 is 11.6 Å². The van der Waals surface area contributed by atoms with Crippen LogP contribution in [0.3, 0.4) is 0 Å². The molecule has 0 fully saturated rings. The van der Waals surface area contributed by atoms with Crippen molar-refractivity contribution in [3.05, 3.63) is 94.7 Å². The number of hydrogen-bond donors (Lipinski definition) is 2. The Morgan fingerprint density at radius 1 is 0.633 bits per heavy atom. The number of ether oxygens (including phenoxy) is 2. The van der Waals surface area contributed by atoms with E-state index in [2.05, 4.69) is 10.6 Å². The summed E-state index contributed by atoms with van der Waals surface area (Å²) in [5.74, 6) is -0.805. The predicted molar refractivity (Wildman–Crippen MR) is 114 cm³/mol. The maximum absolute atomic E-state index is 13.0. The van der Waals surface area contributed by atoms with E-state index in [1.807, 2.05) is 60.7 Å². The van der Waals surface area contributed by atoms with Gasteiger partial charge in [0.2, 0.25) is 11.6 Å². The van der Waals surface area contributed by atoms with Crippen LogP contribution in [0.4, 0.5) is 0 Å². The zero-order valence-electron chi connectivity index (χ0n) is 17.2. The zero-order chi connectivity index (χ0) is 21.3. The average molecular weight is 406 g/mol. The third-order valence-corrected chi connectivity index (χ3v) is 4.85. The lowest BCUT2D eigenvalue weighted by Gasteiger charge is -2.23. The van der Waals surface area contributed by atoms with Gasteiger partial charge in [-0.15, -0.1) is 0 Å². The average Bonchev–Trinajstić information content (AvgIpc) is 2.78. The standard InChI is InChI=1S/C24H26N2O4/c1-29-23-19(25-15-13-17-9-5-3-6-10-17)22(28)24(30-2)20(21(23)27)26-16-14-18-11-7-4-8-12-18/h3-12,25-26H,13-16H2,1-2H3. The Labute approximate surface area is 176 Å². The minimum absolute atomic E-state index is 0.00364. The van der Waals surface area contributed by atoms with Crippen LogP contribution in [0, 0.1) is 0 Å². The first-order chi connectivity index (χ1) is 14.7. The lowest BCUT2D eigenvalue weighted by molar-refractivity contribution is -0.121. The fourth-order valence-corrected chi connectivity index (χ4v) is 3.32. The molecule has 2 aromatic rings. The normalized spacial score (nSPS) is 14.1. The molecule has 0 radical (unpaired) electrons. The van der Waals surface area contributed by atoms with E-state index in [4.69, 9.17) is 9.47 Å². The minimum atomic E-state index is -0.399. The molecule has 0 aliphatic heterocycles. The third-order valence-electron chi connectivity index (χ3n) is 4.85. The van der Waals surface area contributed by atoms with Crippen LogP contribution in [0.15, 0.2) is 83.6 Å². The summed E-state index contributed by atoms with van der Waals surface area (Å²) in [6, 6.07) is 19.8. The second-order valence-electron chi connectivity index (χ2n) is 6.80. The number of carbonyl (C=O) groups excluding carboxylic acids is 2. The van der Waals surface area contributed by atoms with Gasteiger partial charge in [-0.1, -0.05) is 60.7 Å². The van der Waals surface area contributed by atoms with Gasteiger partial charge in [-0.05, 0) is 24.0 Å². The highest BCUT2D eigenvalue weighted by Gasteiger charge is 2.36. The minimum Gasteiger partial charge on any atom is -0.491 e. The summed E-state index contributed by atoms with van der Waals surface area (Å²) in [4.78, 5) is 26.0. The molecule has 2 N–H and O–H groups in total. The molecule has 0 aromatic heterocycles. The van der Waals surface area contributed by atoms with E-state index in [1.54, 1.807) is 0 Å². The van der Waals surface area contributed by atoms with Crippen LogP contribution in [0.25, 0.3) is 0 Å². The van der Waals surface area contributed by atoms with E-state index >= 15 is 0 Å². The highest BCUT2D eigenvalue weighted by Crippen LogP contribution is 2.23. The van der Waals surface area contributed by atoms with Crippen molar-refractivity contribution in [2.45, 2.75) is 12.8 Å². The van der Waals surface area contributed by atoms with Crippen LogP contribution < -0.4 is 10.6 Å². The quantitative estimate of drug-likeness (QED) is 0.591. The molecule has 0 heterocycles. The van der Waals surface area contributed by atoms with E-state index in [0.717, 1.165) is 11.1 Å². The molecule has 156 valence electrons. The monoisotopic (exact) mass is 406 g/mol. The van der Waals surface area contributed by atoms with Gasteiger partial charge in [-0.2, -0.15) is 0 Å². The van der Waals surface area contributed by atoms with Crippen molar-refractivity contribution in [3.63, 3.8) is 0 Å². The molecule has 1 aliphatic rings. The molecule has 0 amide bonds. The van der Waals surface area contributed by atoms with Gasteiger partial charge >= 0.3 is 0 Å². The first-order valence-corrected chi connectivity index (χ1v) is 9.87. The Morgan fingerprint density at radius 3 is 1.33 bits per heavy atom. The van der Waals surface area contributed by atoms with E-state index in [1.165, 1.54) is 14.2 Å². The molecule has 0 atom stereocenters. The Kier molecular flexibility index (Phi) is 7.27. The Morgan fingerprint density at radius 2 is 1.00 bits per heavy atom. The Bertz CT molecular complexity index is 870. The highest BCUT2D eigenvalue weighted by atomic mass is 16.5. The van der Waals surface area contributed by atoms with E-state index in [0.29, 0.717) is 25.9 Å². The summed E-state index contributed by atoms with van der Waals surface area (Å²) in [6.45, 7) is 0.970. The molecule has 0 unspecified atom stereocenters. The van der Waals surface area contributed by atoms with Gasteiger partial charge in [0.05, 0.1) is 14.2 Å². The van der Waals surface area contributed by atoms with Gasteiger partial charge in [-0.25, -0.2) is 0 Å². The molecule has 1 aliphatic carbocycles. The molecule has 0 spiro atoms. The van der Waals surface area contributed by atoms with Gasteiger partial charge in [0.1, 0.15) is 11.4 Å². The van der Waals surface area contributed by atoms with Gasteiger partial charge in [0.25, 0.3) is 0 Å². The van der Waals surface area contributed by atoms with Crippen LogP contribution in [0.2, 0.25) is 0 Å². The Hall–Kier alpha value is -3.54. The van der Waals surface area contributed by atoms with E-state index in [9.17, 15) is 9.59 Å². The summed E-state index contributed by atoms with van der Waals surface area (Å²) in [5.41, 5.74) is 2.52. The van der Waals surface area contributed by atoms with Crippen molar-refractivity contribution in [2.24, 2.45) is 0 Å². The zero-order valence-corrected chi connectivity index (χ0v) is 17.2. The van der Waals surface area contributed by atoms with Crippen LogP contribution in [0.5, 0.6) is 0 Å². The number of hydrogen-bond acceptors (Lipinski definition) is 6. The van der Waals surface area contributed by atoms with Crippen molar-refractivity contribution in [3.8, 4) is 0 Å². The summed E-state index contributed by atoms with van der Waals surface area (Å²) < 4.78 is 10.6. The summed E-state index contributed by atoms with van der Waals surface area (Å²) in [5, 5.41) is 6.12. The number of rotatable bonds is 10. The van der Waals surface area contributed by atoms with E-state index in [-0.39, 0.29) is 22.9 Å². The fraction of sp³-hybridized carbons (Fsp3) is 0.250. The van der Waals surface area contributed by atoms with Crippen LogP contribution >= 0.6 is 0 Å². The number of ketones is 2. The summed E-state index contributed by atoms with van der Waals surface area (Å²) in [6.07, 6.45) is 1.41. The topological polar surface area (TPSA) is 76.7 Å². The number of Topliss-reactive ketones (excluding diaryl/α,β-unsaturated/α-hetero) is 2. The maximum Gasteiger partial charge on any atom is 0.249 e. The summed E-state index contributed by atoms with van der Waals surface area (Å²) >= 11 is 0. The fourth-order valence-electron chi connectivity index (χ4n) is 3.32. The van der Waals surface area contributed by atoms with Crippen LogP contribution in [-0.4, -0.2) is 38.9 Å². The van der Waals surface area contributed by atoms with E-state index < -0.39 is 11.6 Å². The smallest absolute Gasteiger partial charge is 0.249 e. The largest absolute Gasteiger partial charge is 0.491 e. The maximum atomic E-state index is 13.0. The first kappa shape index (κ1) is 21.2. The van der Waals surface area contributed by atoms with Crippen LogP contribution in [0.1, 0.15) is 11.1 Å². The third kappa shape index (κ3) is 4.89. The van der Waals surface area contributed by atoms with Crippen LogP contribution in [-0.2, 0) is 31.9 Å². The molecule has 6 heteroatoms. The number of methoxy groups -OCH3 is 2. The van der Waals surface area contributed by atoms with Crippen molar-refractivity contribution in [1.82, 2.24) is 10.6 Å². The van der Waals surface area contributed by atoms with Gasteiger partial charge in [-0.3, -0.25) is 9.59 Å². The molecular weight excluding hydrogens is 380 g/mol. The van der Waals surface area contributed by atoms with Crippen molar-refractivity contribution < 1.29 is 19.1 Å². The SMILES string of the molecule is COC1=C(NCCc2ccccc2)C(=O)C(OC)=C(NCCc2ccccc2)C1=O. The van der Waals surface area contributed by atoms with Crippen molar-refractivity contribution in [2.75, 3.05) is 27.3 Å². The highest BCUT2D eigenvalue weighted by molar-refractivity contribution is 6.23. The van der Waals surface area contributed by atoms with Gasteiger partial charge < -0.3 is 20.1 Å². The predicted octanol–water partition coefficient (Wildman–Crippen LogP) is 2.52. The lowest BCUT2D eigenvalue weighted by Crippen LogP contribution is -2.38. The van der Waals surface area contributed by atoms with Crippen molar-refractivity contribution in [1.29, 1.82) is 0 Å². The molecule has 6 nitrogen and oxygen atoms in total. The summed E-state index contributed by atoms with van der Waals surface area (Å²) in [7, 11) is 2.78. The first-order valence-electron chi connectivity index (χ1n) is 9.87. The molecule has 0 saturated carbocycles. The molecular formula is C24H26N2O4. The number of benzene rings is 2. The molecule has 2 aromatic carbocycles.